The van der Waals surface area contributed by atoms with Gasteiger partial charge in [-0.25, -0.2) is 0 Å². The van der Waals surface area contributed by atoms with Crippen molar-refractivity contribution >= 4 is 17.2 Å². The molecule has 4 heteroatoms. The third-order valence-electron chi connectivity index (χ3n) is 2.59. The molecule has 0 saturated carbocycles. The van der Waals surface area contributed by atoms with Crippen LogP contribution in [0.3, 0.4) is 0 Å². The first-order valence-corrected chi connectivity index (χ1v) is 5.75. The second-order valence-corrected chi connectivity index (χ2v) is 4.72. The zero-order chi connectivity index (χ0) is 12.2. The van der Waals surface area contributed by atoms with E-state index in [-0.39, 0.29) is 5.60 Å². The maximum absolute atomic E-state index is 5.80. The first-order chi connectivity index (χ1) is 7.46. The van der Waals surface area contributed by atoms with Gasteiger partial charge in [0.15, 0.2) is 0 Å². The average molecular weight is 238 g/mol. The number of ether oxygens (including phenoxy) is 1. The quantitative estimate of drug-likeness (QED) is 0.800. The van der Waals surface area contributed by atoms with E-state index in [0.29, 0.717) is 17.3 Å². The van der Waals surface area contributed by atoms with Gasteiger partial charge < -0.3 is 10.5 Å². The molecule has 0 aliphatic carbocycles. The van der Waals surface area contributed by atoms with Crippen LogP contribution in [0.15, 0.2) is 18.3 Å². The van der Waals surface area contributed by atoms with Crippen LogP contribution in [-0.4, -0.2) is 15.6 Å². The zero-order valence-electron chi connectivity index (χ0n) is 9.99. The van der Waals surface area contributed by atoms with Gasteiger partial charge in [0.25, 0.3) is 0 Å². The molecule has 1 aromatic rings. The third-order valence-corrected chi connectivity index (χ3v) is 2.79. The number of rotatable bonds is 5. The Morgan fingerprint density at radius 2 is 2.25 bits per heavy atom. The van der Waals surface area contributed by atoms with Crippen LogP contribution < -0.4 is 5.73 Å². The van der Waals surface area contributed by atoms with Gasteiger partial charge in [-0.3, -0.25) is 4.98 Å². The summed E-state index contributed by atoms with van der Waals surface area (Å²) >= 11 is 4.95. The predicted octanol–water partition coefficient (Wildman–Crippen LogP) is 2.42. The highest BCUT2D eigenvalue weighted by Gasteiger charge is 2.16. The summed E-state index contributed by atoms with van der Waals surface area (Å²) in [5, 5.41) is 0. The first-order valence-electron chi connectivity index (χ1n) is 5.34. The van der Waals surface area contributed by atoms with Crippen molar-refractivity contribution < 1.29 is 4.74 Å². The first kappa shape index (κ1) is 13.1. The molecule has 0 unspecified atom stereocenters. The molecule has 1 rings (SSSR count). The van der Waals surface area contributed by atoms with Gasteiger partial charge in [-0.2, -0.15) is 0 Å². The van der Waals surface area contributed by atoms with E-state index < -0.39 is 0 Å². The molecule has 0 saturated heterocycles. The van der Waals surface area contributed by atoms with Crippen molar-refractivity contribution in [2.75, 3.05) is 0 Å². The topological polar surface area (TPSA) is 48.1 Å². The minimum atomic E-state index is -0.136. The molecule has 0 atom stereocenters. The number of nitrogens with two attached hydrogens (primary N) is 1. The van der Waals surface area contributed by atoms with Crippen LogP contribution in [-0.2, 0) is 11.3 Å². The van der Waals surface area contributed by atoms with Crippen molar-refractivity contribution in [3.05, 3.63) is 29.6 Å². The van der Waals surface area contributed by atoms with E-state index in [4.69, 9.17) is 22.7 Å². The van der Waals surface area contributed by atoms with Crippen molar-refractivity contribution in [1.82, 2.24) is 4.98 Å². The van der Waals surface area contributed by atoms with Crippen molar-refractivity contribution in [2.45, 2.75) is 39.4 Å². The Morgan fingerprint density at radius 1 is 1.56 bits per heavy atom. The van der Waals surface area contributed by atoms with Gasteiger partial charge in [0, 0.05) is 11.8 Å². The fourth-order valence-corrected chi connectivity index (χ4v) is 1.34. The number of thiocarbonyl (C=S) groups is 1. The van der Waals surface area contributed by atoms with Gasteiger partial charge in [0.05, 0.1) is 12.2 Å². The lowest BCUT2D eigenvalue weighted by Crippen LogP contribution is -2.24. The number of aromatic nitrogens is 1. The molecular weight excluding hydrogens is 220 g/mol. The van der Waals surface area contributed by atoms with Crippen molar-refractivity contribution in [3.63, 3.8) is 0 Å². The van der Waals surface area contributed by atoms with Crippen LogP contribution >= 0.6 is 12.2 Å². The highest BCUT2D eigenvalue weighted by atomic mass is 32.1. The Morgan fingerprint density at radius 3 is 2.81 bits per heavy atom. The van der Waals surface area contributed by atoms with Crippen molar-refractivity contribution in [1.29, 1.82) is 0 Å². The lowest BCUT2D eigenvalue weighted by atomic mass is 10.1. The summed E-state index contributed by atoms with van der Waals surface area (Å²) in [7, 11) is 0. The molecule has 1 heterocycles. The molecule has 0 bridgehead atoms. The van der Waals surface area contributed by atoms with Gasteiger partial charge >= 0.3 is 0 Å². The van der Waals surface area contributed by atoms with E-state index >= 15 is 0 Å². The Hall–Kier alpha value is -1.00. The van der Waals surface area contributed by atoms with E-state index in [1.165, 1.54) is 0 Å². The summed E-state index contributed by atoms with van der Waals surface area (Å²) in [6.07, 6.45) is 2.64. The summed E-state index contributed by atoms with van der Waals surface area (Å²) in [6, 6.07) is 3.80. The molecule has 0 aliphatic heterocycles. The van der Waals surface area contributed by atoms with Gasteiger partial charge in [-0.15, -0.1) is 0 Å². The van der Waals surface area contributed by atoms with E-state index in [1.807, 2.05) is 12.1 Å². The molecule has 0 aliphatic rings. The van der Waals surface area contributed by atoms with Crippen LogP contribution in [0.1, 0.15) is 38.4 Å². The summed E-state index contributed by atoms with van der Waals surface area (Å²) in [4.78, 5) is 4.47. The fourth-order valence-electron chi connectivity index (χ4n) is 1.15. The second-order valence-electron chi connectivity index (χ2n) is 4.28. The number of hydrogen-bond acceptors (Lipinski definition) is 3. The normalized spacial score (nSPS) is 11.4. The molecule has 0 fully saturated rings. The summed E-state index contributed by atoms with van der Waals surface area (Å²) in [5.74, 6) is 0. The van der Waals surface area contributed by atoms with Crippen LogP contribution in [0.4, 0.5) is 0 Å². The lowest BCUT2D eigenvalue weighted by Gasteiger charge is -2.23. The summed E-state index contributed by atoms with van der Waals surface area (Å²) in [6.45, 7) is 6.70. The minimum absolute atomic E-state index is 0.136. The maximum atomic E-state index is 5.80. The molecule has 88 valence electrons. The van der Waals surface area contributed by atoms with Crippen LogP contribution in [0.25, 0.3) is 0 Å². The molecule has 3 nitrogen and oxygen atoms in total. The number of hydrogen-bond donors (Lipinski definition) is 1. The Kier molecular flexibility index (Phi) is 4.38. The van der Waals surface area contributed by atoms with Crippen molar-refractivity contribution in [2.24, 2.45) is 5.73 Å². The summed E-state index contributed by atoms with van der Waals surface area (Å²) < 4.78 is 5.80. The van der Waals surface area contributed by atoms with E-state index in [1.54, 1.807) is 6.20 Å². The van der Waals surface area contributed by atoms with Gasteiger partial charge in [-0.05, 0) is 26.3 Å². The van der Waals surface area contributed by atoms with Crippen LogP contribution in [0.2, 0.25) is 0 Å². The number of pyridine rings is 1. The highest BCUT2D eigenvalue weighted by molar-refractivity contribution is 7.80. The lowest BCUT2D eigenvalue weighted by molar-refractivity contribution is -0.0317. The molecule has 0 aromatic carbocycles. The van der Waals surface area contributed by atoms with E-state index in [2.05, 4.69) is 25.8 Å². The Labute approximate surface area is 102 Å². The standard InChI is InChI=1S/C12H18N2OS/c1-4-12(2,3)15-8-9-6-5-7-14-10(9)11(13)16/h5-7H,4,8H2,1-3H3,(H2,13,16). The van der Waals surface area contributed by atoms with Gasteiger partial charge in [-0.1, -0.05) is 25.2 Å². The van der Waals surface area contributed by atoms with Crippen LogP contribution in [0.5, 0.6) is 0 Å². The second kappa shape index (κ2) is 5.37. The molecule has 2 N–H and O–H groups in total. The van der Waals surface area contributed by atoms with Crippen LogP contribution in [0, 0.1) is 0 Å². The molecule has 0 spiro atoms. The van der Waals surface area contributed by atoms with E-state index in [9.17, 15) is 0 Å². The largest absolute Gasteiger partial charge is 0.388 e. The molecule has 16 heavy (non-hydrogen) atoms. The average Bonchev–Trinajstić information content (AvgIpc) is 2.27. The smallest absolute Gasteiger partial charge is 0.123 e. The molecular formula is C12H18N2OS. The fraction of sp³-hybridized carbons (Fsp3) is 0.500. The number of nitrogens with zero attached hydrogens (tertiary/aromatic N) is 1. The predicted molar refractivity (Wildman–Crippen MR) is 69.3 cm³/mol. The van der Waals surface area contributed by atoms with E-state index in [0.717, 1.165) is 12.0 Å². The third kappa shape index (κ3) is 3.54. The molecule has 1 aromatic heterocycles. The van der Waals surface area contributed by atoms with Gasteiger partial charge in [0.2, 0.25) is 0 Å². The maximum Gasteiger partial charge on any atom is 0.123 e. The molecule has 0 amide bonds. The Balaban J connectivity index is 2.78. The molecule has 0 radical (unpaired) electrons. The van der Waals surface area contributed by atoms with Crippen molar-refractivity contribution in [3.8, 4) is 0 Å². The van der Waals surface area contributed by atoms with Gasteiger partial charge in [0.1, 0.15) is 10.7 Å². The monoisotopic (exact) mass is 238 g/mol. The summed E-state index contributed by atoms with van der Waals surface area (Å²) in [5.41, 5.74) is 7.06. The Bertz CT molecular complexity index is 377. The SMILES string of the molecule is CCC(C)(C)OCc1cccnc1C(N)=S. The minimum Gasteiger partial charge on any atom is -0.388 e. The zero-order valence-corrected chi connectivity index (χ0v) is 10.8. The highest BCUT2D eigenvalue weighted by Crippen LogP contribution is 2.17.